The fraction of sp³-hybridized carbons (Fsp3) is 0.435. The van der Waals surface area contributed by atoms with Crippen LogP contribution in [0.4, 0.5) is 0 Å². The molecular weight excluding hydrogens is 535 g/mol. The van der Waals surface area contributed by atoms with Gasteiger partial charge in [0.1, 0.15) is 18.5 Å². The number of benzene rings is 1. The Hall–Kier alpha value is -1.98. The molecule has 2 aromatic heterocycles. The second-order valence-electron chi connectivity index (χ2n) is 7.78. The van der Waals surface area contributed by atoms with Crippen molar-refractivity contribution < 1.29 is 4.74 Å². The number of aromatic nitrogens is 3. The van der Waals surface area contributed by atoms with Crippen LogP contribution in [0.3, 0.4) is 0 Å². The largest absolute Gasteiger partial charge is 0.370 e. The summed E-state index contributed by atoms with van der Waals surface area (Å²) in [5.41, 5.74) is 2.50. The second kappa shape index (κ2) is 11.8. The number of rotatable bonds is 6. The molecule has 0 bridgehead atoms. The van der Waals surface area contributed by atoms with E-state index >= 15 is 0 Å². The quantitative estimate of drug-likeness (QED) is 0.279. The van der Waals surface area contributed by atoms with Crippen molar-refractivity contribution in [2.24, 2.45) is 12.0 Å². The summed E-state index contributed by atoms with van der Waals surface area (Å²) in [6, 6.07) is 12.7. The third-order valence-corrected chi connectivity index (χ3v) is 6.63. The summed E-state index contributed by atoms with van der Waals surface area (Å²) in [4.78, 5) is 8.59. The molecule has 9 heteroatoms. The molecule has 172 valence electrons. The predicted molar refractivity (Wildman–Crippen MR) is 140 cm³/mol. The maximum absolute atomic E-state index is 6.12. The van der Waals surface area contributed by atoms with Crippen molar-refractivity contribution in [3.8, 4) is 0 Å². The highest BCUT2D eigenvalue weighted by Gasteiger charge is 2.25. The van der Waals surface area contributed by atoms with Gasteiger partial charge in [-0.2, -0.15) is 0 Å². The molecular formula is C23H31IN6OS. The molecule has 0 saturated carbocycles. The van der Waals surface area contributed by atoms with E-state index < -0.39 is 0 Å². The van der Waals surface area contributed by atoms with E-state index in [9.17, 15) is 0 Å². The van der Waals surface area contributed by atoms with Crippen LogP contribution in [0.25, 0.3) is 0 Å². The molecule has 0 radical (unpaired) electrons. The van der Waals surface area contributed by atoms with Crippen LogP contribution in [-0.2, 0) is 24.8 Å². The van der Waals surface area contributed by atoms with Crippen LogP contribution in [0.1, 0.15) is 33.8 Å². The summed E-state index contributed by atoms with van der Waals surface area (Å²) < 4.78 is 8.11. The Bertz CT molecular complexity index is 1020. The number of hydrogen-bond acceptors (Lipinski definition) is 5. The molecule has 1 fully saturated rings. The first-order valence-electron chi connectivity index (χ1n) is 10.7. The first-order valence-corrected chi connectivity index (χ1v) is 11.6. The van der Waals surface area contributed by atoms with Crippen LogP contribution in [0, 0.1) is 13.8 Å². The monoisotopic (exact) mass is 566 g/mol. The van der Waals surface area contributed by atoms with Gasteiger partial charge in [-0.25, -0.2) is 4.99 Å². The van der Waals surface area contributed by atoms with Gasteiger partial charge in [-0.05, 0) is 42.8 Å². The summed E-state index contributed by atoms with van der Waals surface area (Å²) in [7, 11) is 1.98. The highest BCUT2D eigenvalue weighted by Crippen LogP contribution is 2.25. The van der Waals surface area contributed by atoms with Crippen LogP contribution >= 0.6 is 35.3 Å². The minimum atomic E-state index is 0. The zero-order chi connectivity index (χ0) is 21.6. The smallest absolute Gasteiger partial charge is 0.194 e. The fourth-order valence-corrected chi connectivity index (χ4v) is 4.44. The number of aryl methyl sites for hydroxylation is 2. The van der Waals surface area contributed by atoms with Crippen molar-refractivity contribution in [2.75, 3.05) is 26.2 Å². The maximum atomic E-state index is 6.12. The lowest BCUT2D eigenvalue weighted by Gasteiger charge is -2.36. The SMILES string of the molecule is Cc1ccccc1C1CN(C(=NCc2nnc(C)n2C)NCCc2cccs2)CCO1.I. The van der Waals surface area contributed by atoms with Gasteiger partial charge < -0.3 is 19.5 Å². The lowest BCUT2D eigenvalue weighted by atomic mass is 10.0. The minimum absolute atomic E-state index is 0. The van der Waals surface area contributed by atoms with Gasteiger partial charge in [0, 0.05) is 25.0 Å². The Balaban J connectivity index is 0.00000289. The summed E-state index contributed by atoms with van der Waals surface area (Å²) in [6.07, 6.45) is 1.02. The van der Waals surface area contributed by atoms with E-state index in [4.69, 9.17) is 9.73 Å². The van der Waals surface area contributed by atoms with Crippen molar-refractivity contribution in [1.82, 2.24) is 25.0 Å². The Labute approximate surface area is 210 Å². The van der Waals surface area contributed by atoms with Gasteiger partial charge in [-0.3, -0.25) is 0 Å². The summed E-state index contributed by atoms with van der Waals surface area (Å²) in [5, 5.41) is 14.1. The number of aliphatic imine (C=N–C) groups is 1. The lowest BCUT2D eigenvalue weighted by Crippen LogP contribution is -2.48. The van der Waals surface area contributed by atoms with Crippen LogP contribution in [-0.4, -0.2) is 51.9 Å². The molecule has 1 saturated heterocycles. The topological polar surface area (TPSA) is 67.6 Å². The van der Waals surface area contributed by atoms with E-state index in [0.717, 1.165) is 43.7 Å². The highest BCUT2D eigenvalue weighted by atomic mass is 127. The molecule has 1 N–H and O–H groups in total. The predicted octanol–water partition coefficient (Wildman–Crippen LogP) is 3.87. The molecule has 32 heavy (non-hydrogen) atoms. The molecule has 0 amide bonds. The van der Waals surface area contributed by atoms with Gasteiger partial charge in [0.05, 0.1) is 13.2 Å². The molecule has 1 atom stereocenters. The number of nitrogens with one attached hydrogen (secondary N) is 1. The standard InChI is InChI=1S/C23H30N6OS.HI/c1-17-7-4-5-9-20(17)21-16-29(12-13-30-21)23(24-11-10-19-8-6-14-31-19)25-15-22-27-26-18(2)28(22)3;/h4-9,14,21H,10-13,15-16H2,1-3H3,(H,24,25);1H. The van der Waals surface area contributed by atoms with Crippen molar-refractivity contribution in [3.05, 3.63) is 69.4 Å². The molecule has 4 rings (SSSR count). The van der Waals surface area contributed by atoms with Gasteiger partial charge in [-0.15, -0.1) is 45.5 Å². The molecule has 0 aliphatic carbocycles. The fourth-order valence-electron chi connectivity index (χ4n) is 3.73. The molecule has 3 heterocycles. The molecule has 1 aliphatic heterocycles. The second-order valence-corrected chi connectivity index (χ2v) is 8.81. The van der Waals surface area contributed by atoms with Gasteiger partial charge in [0.25, 0.3) is 0 Å². The third-order valence-electron chi connectivity index (χ3n) is 5.69. The van der Waals surface area contributed by atoms with Crippen molar-refractivity contribution in [1.29, 1.82) is 0 Å². The van der Waals surface area contributed by atoms with Gasteiger partial charge in [0.15, 0.2) is 11.8 Å². The molecule has 7 nitrogen and oxygen atoms in total. The van der Waals surface area contributed by atoms with E-state index in [1.807, 2.05) is 18.5 Å². The van der Waals surface area contributed by atoms with Crippen molar-refractivity contribution >= 4 is 41.3 Å². The summed E-state index contributed by atoms with van der Waals surface area (Å²) in [5.74, 6) is 2.65. The van der Waals surface area contributed by atoms with E-state index in [1.54, 1.807) is 11.3 Å². The lowest BCUT2D eigenvalue weighted by molar-refractivity contribution is -0.00836. The number of thiophene rings is 1. The summed E-state index contributed by atoms with van der Waals surface area (Å²) in [6.45, 7) is 7.68. The zero-order valence-electron chi connectivity index (χ0n) is 18.8. The number of hydrogen-bond donors (Lipinski definition) is 1. The van der Waals surface area contributed by atoms with E-state index in [2.05, 4.69) is 69.1 Å². The van der Waals surface area contributed by atoms with Crippen LogP contribution in [0.5, 0.6) is 0 Å². The highest BCUT2D eigenvalue weighted by molar-refractivity contribution is 14.0. The minimum Gasteiger partial charge on any atom is -0.370 e. The van der Waals surface area contributed by atoms with Gasteiger partial charge >= 0.3 is 0 Å². The third kappa shape index (κ3) is 6.08. The number of nitrogens with zero attached hydrogens (tertiary/aromatic N) is 5. The van der Waals surface area contributed by atoms with Crippen molar-refractivity contribution in [3.63, 3.8) is 0 Å². The first kappa shape index (κ1) is 24.7. The maximum Gasteiger partial charge on any atom is 0.194 e. The molecule has 3 aromatic rings. The zero-order valence-corrected chi connectivity index (χ0v) is 22.0. The summed E-state index contributed by atoms with van der Waals surface area (Å²) >= 11 is 1.79. The Morgan fingerprint density at radius 1 is 1.22 bits per heavy atom. The normalized spacial score (nSPS) is 16.7. The van der Waals surface area contributed by atoms with Crippen molar-refractivity contribution in [2.45, 2.75) is 32.9 Å². The number of morpholine rings is 1. The van der Waals surface area contributed by atoms with E-state index in [0.29, 0.717) is 13.2 Å². The molecule has 1 aromatic carbocycles. The molecule has 1 unspecified atom stereocenters. The number of guanidine groups is 1. The Kier molecular flexibility index (Phi) is 9.06. The number of halogens is 1. The van der Waals surface area contributed by atoms with Crippen LogP contribution < -0.4 is 5.32 Å². The first-order chi connectivity index (χ1) is 15.1. The van der Waals surface area contributed by atoms with Crippen LogP contribution in [0.2, 0.25) is 0 Å². The average molecular weight is 567 g/mol. The van der Waals surface area contributed by atoms with Gasteiger partial charge in [0.2, 0.25) is 0 Å². The van der Waals surface area contributed by atoms with Gasteiger partial charge in [-0.1, -0.05) is 30.3 Å². The average Bonchev–Trinajstić information content (AvgIpc) is 3.41. The van der Waals surface area contributed by atoms with E-state index in [-0.39, 0.29) is 30.1 Å². The number of ether oxygens (including phenoxy) is 1. The Morgan fingerprint density at radius 3 is 2.78 bits per heavy atom. The molecule has 1 aliphatic rings. The van der Waals surface area contributed by atoms with Crippen LogP contribution in [0.15, 0.2) is 46.8 Å². The molecule has 0 spiro atoms. The van der Waals surface area contributed by atoms with E-state index in [1.165, 1.54) is 16.0 Å². The Morgan fingerprint density at radius 2 is 2.06 bits per heavy atom.